The molecule has 0 saturated carbocycles. The molecule has 2 rings (SSSR count). The van der Waals surface area contributed by atoms with Crippen LogP contribution in [0, 0.1) is 11.6 Å². The Balaban J connectivity index is 1.87. The number of anilines is 2. The molecule has 0 bridgehead atoms. The molecule has 4 N–H and O–H groups in total. The van der Waals surface area contributed by atoms with Crippen LogP contribution in [-0.4, -0.2) is 16.5 Å². The highest BCUT2D eigenvalue weighted by atomic mass is 35.5. The topological polar surface area (TPSA) is 66.7 Å². The number of aryl methyl sites for hydroxylation is 1. The molecule has 0 aliphatic carbocycles. The van der Waals surface area contributed by atoms with E-state index in [0.29, 0.717) is 10.6 Å². The molecule has 0 amide bonds. The van der Waals surface area contributed by atoms with Gasteiger partial charge in [0.15, 0.2) is 5.95 Å². The summed E-state index contributed by atoms with van der Waals surface area (Å²) in [7, 11) is 0. The molecule has 0 fully saturated rings. The van der Waals surface area contributed by atoms with E-state index >= 15 is 0 Å². The molecule has 1 aromatic carbocycles. The van der Waals surface area contributed by atoms with Crippen molar-refractivity contribution in [3.63, 3.8) is 0 Å². The number of rotatable bonds is 5. The average Bonchev–Trinajstić information content (AvgIpc) is 2.39. The van der Waals surface area contributed by atoms with Gasteiger partial charge in [-0.2, -0.15) is 0 Å². The molecule has 2 aromatic rings. The number of hydrogen-bond acceptors (Lipinski definition) is 4. The van der Waals surface area contributed by atoms with E-state index in [4.69, 9.17) is 29.6 Å². The van der Waals surface area contributed by atoms with E-state index in [-0.39, 0.29) is 0 Å². The minimum absolute atomic E-state index is 0.371. The SMILES string of the molecule is Cc1[nH]c(N)nc(=S)c1CCCNc1ccc(Cl)cc1. The lowest BCUT2D eigenvalue weighted by Crippen LogP contribution is -2.06. The van der Waals surface area contributed by atoms with Gasteiger partial charge in [-0.05, 0) is 44.0 Å². The van der Waals surface area contributed by atoms with Crippen molar-refractivity contribution in [1.29, 1.82) is 0 Å². The van der Waals surface area contributed by atoms with Crippen LogP contribution in [0.1, 0.15) is 17.7 Å². The van der Waals surface area contributed by atoms with E-state index in [1.54, 1.807) is 0 Å². The Morgan fingerprint density at radius 3 is 2.70 bits per heavy atom. The third kappa shape index (κ3) is 3.95. The molecule has 1 aromatic heterocycles. The summed E-state index contributed by atoms with van der Waals surface area (Å²) in [5.74, 6) is 0.371. The van der Waals surface area contributed by atoms with Gasteiger partial charge in [-0.15, -0.1) is 0 Å². The maximum atomic E-state index is 5.84. The summed E-state index contributed by atoms with van der Waals surface area (Å²) in [5, 5.41) is 4.09. The molecule has 1 heterocycles. The van der Waals surface area contributed by atoms with E-state index in [1.807, 2.05) is 31.2 Å². The third-order valence-corrected chi connectivity index (χ3v) is 3.61. The second-order valence-electron chi connectivity index (χ2n) is 4.57. The highest BCUT2D eigenvalue weighted by Crippen LogP contribution is 2.14. The Bertz CT molecular complexity index is 637. The fourth-order valence-electron chi connectivity index (χ4n) is 1.99. The zero-order chi connectivity index (χ0) is 14.5. The van der Waals surface area contributed by atoms with Gasteiger partial charge in [0.25, 0.3) is 0 Å². The predicted octanol–water partition coefficient (Wildman–Crippen LogP) is 3.73. The monoisotopic (exact) mass is 308 g/mol. The van der Waals surface area contributed by atoms with Crippen molar-refractivity contribution in [3.8, 4) is 0 Å². The number of H-pyrrole nitrogens is 1. The van der Waals surface area contributed by atoms with Gasteiger partial charge in [0, 0.05) is 28.5 Å². The normalized spacial score (nSPS) is 10.5. The van der Waals surface area contributed by atoms with Crippen molar-refractivity contribution in [2.75, 3.05) is 17.6 Å². The van der Waals surface area contributed by atoms with E-state index < -0.39 is 0 Å². The van der Waals surface area contributed by atoms with E-state index in [1.165, 1.54) is 0 Å². The van der Waals surface area contributed by atoms with Gasteiger partial charge in [-0.1, -0.05) is 23.8 Å². The number of nitrogens with zero attached hydrogens (tertiary/aromatic N) is 1. The molecule has 0 spiro atoms. The summed E-state index contributed by atoms with van der Waals surface area (Å²) in [5.41, 5.74) is 8.73. The van der Waals surface area contributed by atoms with Gasteiger partial charge in [-0.3, -0.25) is 0 Å². The minimum atomic E-state index is 0.371. The fourth-order valence-corrected chi connectivity index (χ4v) is 2.47. The average molecular weight is 309 g/mol. The Hall–Kier alpha value is -1.59. The van der Waals surface area contributed by atoms with Crippen LogP contribution in [0.2, 0.25) is 5.02 Å². The summed E-state index contributed by atoms with van der Waals surface area (Å²) in [4.78, 5) is 7.09. The quantitative estimate of drug-likeness (QED) is 0.581. The summed E-state index contributed by atoms with van der Waals surface area (Å²) in [6.45, 7) is 2.83. The lowest BCUT2D eigenvalue weighted by molar-refractivity contribution is 0.837. The molecule has 6 heteroatoms. The molecule has 0 aliphatic heterocycles. The molecular formula is C14H17ClN4S. The second-order valence-corrected chi connectivity index (χ2v) is 5.39. The number of nitrogen functional groups attached to an aromatic ring is 1. The Morgan fingerprint density at radius 2 is 2.05 bits per heavy atom. The Morgan fingerprint density at radius 1 is 1.35 bits per heavy atom. The first-order chi connectivity index (χ1) is 9.56. The largest absolute Gasteiger partial charge is 0.385 e. The van der Waals surface area contributed by atoms with Crippen LogP contribution in [-0.2, 0) is 6.42 Å². The summed E-state index contributed by atoms with van der Waals surface area (Å²) < 4.78 is 0.588. The smallest absolute Gasteiger partial charge is 0.198 e. The zero-order valence-corrected chi connectivity index (χ0v) is 12.8. The highest BCUT2D eigenvalue weighted by Gasteiger charge is 2.03. The number of aromatic nitrogens is 2. The molecule has 0 aliphatic rings. The van der Waals surface area contributed by atoms with E-state index in [0.717, 1.165) is 41.4 Å². The molecule has 4 nitrogen and oxygen atoms in total. The van der Waals surface area contributed by atoms with Gasteiger partial charge >= 0.3 is 0 Å². The van der Waals surface area contributed by atoms with Gasteiger partial charge in [0.1, 0.15) is 4.64 Å². The third-order valence-electron chi connectivity index (χ3n) is 3.03. The number of aromatic amines is 1. The van der Waals surface area contributed by atoms with Crippen LogP contribution in [0.15, 0.2) is 24.3 Å². The maximum Gasteiger partial charge on any atom is 0.198 e. The Kier molecular flexibility index (Phi) is 4.98. The summed E-state index contributed by atoms with van der Waals surface area (Å²) in [6, 6.07) is 7.66. The zero-order valence-electron chi connectivity index (χ0n) is 11.2. The molecule has 0 atom stereocenters. The van der Waals surface area contributed by atoms with Crippen molar-refractivity contribution in [2.24, 2.45) is 0 Å². The van der Waals surface area contributed by atoms with Crippen molar-refractivity contribution in [3.05, 3.63) is 45.2 Å². The van der Waals surface area contributed by atoms with Gasteiger partial charge in [0.2, 0.25) is 0 Å². The molecule has 20 heavy (non-hydrogen) atoms. The predicted molar refractivity (Wildman–Crippen MR) is 86.8 cm³/mol. The van der Waals surface area contributed by atoms with Crippen molar-refractivity contribution in [1.82, 2.24) is 9.97 Å². The first kappa shape index (κ1) is 14.8. The van der Waals surface area contributed by atoms with Crippen LogP contribution < -0.4 is 11.1 Å². The van der Waals surface area contributed by atoms with Crippen molar-refractivity contribution >= 4 is 35.5 Å². The van der Waals surface area contributed by atoms with Gasteiger partial charge in [0.05, 0.1) is 0 Å². The van der Waals surface area contributed by atoms with Crippen LogP contribution >= 0.6 is 23.8 Å². The number of hydrogen-bond donors (Lipinski definition) is 3. The number of nitrogens with two attached hydrogens (primary N) is 1. The van der Waals surface area contributed by atoms with Crippen LogP contribution in [0.4, 0.5) is 11.6 Å². The Labute approximate surface area is 128 Å². The molecular weight excluding hydrogens is 292 g/mol. The first-order valence-corrected chi connectivity index (χ1v) is 7.19. The van der Waals surface area contributed by atoms with Crippen LogP contribution in [0.5, 0.6) is 0 Å². The van der Waals surface area contributed by atoms with Crippen molar-refractivity contribution in [2.45, 2.75) is 19.8 Å². The highest BCUT2D eigenvalue weighted by molar-refractivity contribution is 7.71. The van der Waals surface area contributed by atoms with E-state index in [9.17, 15) is 0 Å². The van der Waals surface area contributed by atoms with Crippen LogP contribution in [0.3, 0.4) is 0 Å². The molecule has 0 unspecified atom stereocenters. The van der Waals surface area contributed by atoms with Crippen LogP contribution in [0.25, 0.3) is 0 Å². The lowest BCUT2D eigenvalue weighted by Gasteiger charge is -2.09. The second kappa shape index (κ2) is 6.72. The fraction of sp³-hybridized carbons (Fsp3) is 0.286. The number of nitrogens with one attached hydrogen (secondary N) is 2. The number of halogens is 1. The van der Waals surface area contributed by atoms with E-state index in [2.05, 4.69) is 15.3 Å². The van der Waals surface area contributed by atoms with Gasteiger partial charge in [-0.25, -0.2) is 4.98 Å². The summed E-state index contributed by atoms with van der Waals surface area (Å²) >= 11 is 11.1. The number of benzene rings is 1. The maximum absolute atomic E-state index is 5.84. The minimum Gasteiger partial charge on any atom is -0.385 e. The van der Waals surface area contributed by atoms with Gasteiger partial charge < -0.3 is 16.0 Å². The van der Waals surface area contributed by atoms with Crippen molar-refractivity contribution < 1.29 is 0 Å². The molecule has 0 radical (unpaired) electrons. The first-order valence-electron chi connectivity index (χ1n) is 6.41. The molecule has 0 saturated heterocycles. The lowest BCUT2D eigenvalue weighted by atomic mass is 10.1. The molecule has 106 valence electrons. The standard InChI is InChI=1S/C14H17ClN4S/c1-9-12(13(20)19-14(16)18-9)3-2-8-17-11-6-4-10(15)5-7-11/h4-7,17H,2-3,8H2,1H3,(H3,16,18,19,20). The summed E-state index contributed by atoms with van der Waals surface area (Å²) in [6.07, 6.45) is 1.83.